The van der Waals surface area contributed by atoms with Crippen LogP contribution in [0.4, 0.5) is 11.4 Å². The van der Waals surface area contributed by atoms with Gasteiger partial charge >= 0.3 is 0 Å². The van der Waals surface area contributed by atoms with Crippen LogP contribution in [0.1, 0.15) is 11.3 Å². The van der Waals surface area contributed by atoms with Crippen molar-refractivity contribution in [3.05, 3.63) is 114 Å². The zero-order valence-corrected chi connectivity index (χ0v) is 18.9. The molecule has 34 heavy (non-hydrogen) atoms. The standard InChI is InChI=1S/C30H24N2O2/c1-21-27-18-19-32(22-12-14-25(15-13-22)33-23-8-4-2-5-9-23)30(27)28-20-26(16-17-29(28)31-21)34-24-10-6-3-7-11-24/h2-17,20H,18-19H2,1H3. The maximum Gasteiger partial charge on any atom is 0.128 e. The number of hydrogen-bond donors (Lipinski definition) is 0. The number of anilines is 2. The van der Waals surface area contributed by atoms with E-state index in [4.69, 9.17) is 14.5 Å². The van der Waals surface area contributed by atoms with Crippen LogP contribution in [-0.2, 0) is 6.42 Å². The third kappa shape index (κ3) is 3.84. The zero-order chi connectivity index (χ0) is 22.9. The lowest BCUT2D eigenvalue weighted by molar-refractivity contribution is 0.482. The average Bonchev–Trinajstić information content (AvgIpc) is 3.33. The van der Waals surface area contributed by atoms with Gasteiger partial charge in [-0.2, -0.15) is 0 Å². The molecule has 0 fully saturated rings. The summed E-state index contributed by atoms with van der Waals surface area (Å²) >= 11 is 0. The second-order valence-electron chi connectivity index (χ2n) is 8.43. The Morgan fingerprint density at radius 1 is 0.676 bits per heavy atom. The number of aryl methyl sites for hydroxylation is 1. The predicted octanol–water partition coefficient (Wildman–Crippen LogP) is 7.82. The molecule has 4 aromatic carbocycles. The summed E-state index contributed by atoms with van der Waals surface area (Å²) in [6, 6.07) is 34.2. The molecule has 5 aromatic rings. The topological polar surface area (TPSA) is 34.6 Å². The van der Waals surface area contributed by atoms with Crippen molar-refractivity contribution in [2.45, 2.75) is 13.3 Å². The number of benzene rings is 4. The molecule has 0 saturated heterocycles. The van der Waals surface area contributed by atoms with E-state index in [0.29, 0.717) is 0 Å². The fourth-order valence-electron chi connectivity index (χ4n) is 4.59. The van der Waals surface area contributed by atoms with Crippen LogP contribution in [0.15, 0.2) is 103 Å². The summed E-state index contributed by atoms with van der Waals surface area (Å²) in [5, 5.41) is 1.11. The van der Waals surface area contributed by atoms with Crippen LogP contribution in [0.3, 0.4) is 0 Å². The molecule has 1 aliphatic rings. The van der Waals surface area contributed by atoms with E-state index < -0.39 is 0 Å². The van der Waals surface area contributed by atoms with Crippen molar-refractivity contribution in [1.29, 1.82) is 0 Å². The van der Waals surface area contributed by atoms with Gasteiger partial charge < -0.3 is 14.4 Å². The minimum atomic E-state index is 0.810. The van der Waals surface area contributed by atoms with Crippen molar-refractivity contribution in [2.75, 3.05) is 11.4 Å². The highest BCUT2D eigenvalue weighted by Gasteiger charge is 2.26. The summed E-state index contributed by atoms with van der Waals surface area (Å²) in [6.07, 6.45) is 0.968. The van der Waals surface area contributed by atoms with Crippen LogP contribution in [0.5, 0.6) is 23.0 Å². The van der Waals surface area contributed by atoms with Gasteiger partial charge in [0.05, 0.1) is 11.2 Å². The molecule has 0 N–H and O–H groups in total. The molecule has 0 unspecified atom stereocenters. The highest BCUT2D eigenvalue weighted by Crippen LogP contribution is 2.42. The molecule has 166 valence electrons. The quantitative estimate of drug-likeness (QED) is 0.277. The minimum Gasteiger partial charge on any atom is -0.457 e. The lowest BCUT2D eigenvalue weighted by atomic mass is 10.1. The van der Waals surface area contributed by atoms with Crippen LogP contribution in [0.25, 0.3) is 10.9 Å². The van der Waals surface area contributed by atoms with Crippen molar-refractivity contribution in [1.82, 2.24) is 4.98 Å². The molecule has 0 radical (unpaired) electrons. The van der Waals surface area contributed by atoms with Crippen molar-refractivity contribution in [2.24, 2.45) is 0 Å². The normalized spacial score (nSPS) is 12.6. The number of ether oxygens (including phenoxy) is 2. The molecule has 4 heteroatoms. The van der Waals surface area contributed by atoms with Gasteiger partial charge in [0.25, 0.3) is 0 Å². The van der Waals surface area contributed by atoms with Crippen LogP contribution >= 0.6 is 0 Å². The first kappa shape index (κ1) is 20.3. The highest BCUT2D eigenvalue weighted by atomic mass is 16.5. The van der Waals surface area contributed by atoms with E-state index in [1.807, 2.05) is 84.9 Å². The molecule has 0 aliphatic carbocycles. The van der Waals surface area contributed by atoms with Gasteiger partial charge in [0.1, 0.15) is 23.0 Å². The Kier molecular flexibility index (Phi) is 5.11. The van der Waals surface area contributed by atoms with E-state index in [1.54, 1.807) is 0 Å². The SMILES string of the molecule is Cc1nc2ccc(Oc3ccccc3)cc2c2c1CCN2c1ccc(Oc2ccccc2)cc1. The molecule has 1 aliphatic heterocycles. The number of aromatic nitrogens is 1. The summed E-state index contributed by atoms with van der Waals surface area (Å²) in [7, 11) is 0. The summed E-state index contributed by atoms with van der Waals surface area (Å²) < 4.78 is 12.1. The molecular weight excluding hydrogens is 420 g/mol. The summed E-state index contributed by atoms with van der Waals surface area (Å²) in [6.45, 7) is 3.02. The van der Waals surface area contributed by atoms with Crippen LogP contribution < -0.4 is 14.4 Å². The molecule has 0 saturated carbocycles. The Morgan fingerprint density at radius 3 is 1.94 bits per heavy atom. The molecule has 6 rings (SSSR count). The zero-order valence-electron chi connectivity index (χ0n) is 18.9. The highest BCUT2D eigenvalue weighted by molar-refractivity contribution is 5.98. The third-order valence-electron chi connectivity index (χ3n) is 6.20. The average molecular weight is 445 g/mol. The lowest BCUT2D eigenvalue weighted by Crippen LogP contribution is -2.13. The molecule has 0 spiro atoms. The molecule has 4 nitrogen and oxygen atoms in total. The van der Waals surface area contributed by atoms with Gasteiger partial charge in [-0.1, -0.05) is 36.4 Å². The molecule has 0 atom stereocenters. The number of rotatable bonds is 5. The second kappa shape index (κ2) is 8.56. The smallest absolute Gasteiger partial charge is 0.128 e. The Labute approximate surface area is 199 Å². The first-order chi connectivity index (χ1) is 16.7. The van der Waals surface area contributed by atoms with Crippen LogP contribution in [0, 0.1) is 6.92 Å². The van der Waals surface area contributed by atoms with E-state index >= 15 is 0 Å². The first-order valence-electron chi connectivity index (χ1n) is 11.5. The number of fused-ring (bicyclic) bond motifs is 3. The number of pyridine rings is 1. The Bertz CT molecular complexity index is 1450. The number of hydrogen-bond acceptors (Lipinski definition) is 4. The summed E-state index contributed by atoms with van der Waals surface area (Å²) in [4.78, 5) is 7.26. The maximum atomic E-state index is 6.13. The van der Waals surface area contributed by atoms with Gasteiger partial charge in [-0.05, 0) is 85.6 Å². The first-order valence-corrected chi connectivity index (χ1v) is 11.5. The Balaban J connectivity index is 1.36. The number of para-hydroxylation sites is 2. The van der Waals surface area contributed by atoms with E-state index in [9.17, 15) is 0 Å². The fraction of sp³-hybridized carbons (Fsp3) is 0.100. The largest absolute Gasteiger partial charge is 0.457 e. The van der Waals surface area contributed by atoms with Gasteiger partial charge in [0.2, 0.25) is 0 Å². The van der Waals surface area contributed by atoms with Gasteiger partial charge in [0, 0.05) is 23.3 Å². The third-order valence-corrected chi connectivity index (χ3v) is 6.20. The second-order valence-corrected chi connectivity index (χ2v) is 8.43. The van der Waals surface area contributed by atoms with E-state index in [0.717, 1.165) is 58.2 Å². The number of nitrogens with zero attached hydrogens (tertiary/aromatic N) is 2. The van der Waals surface area contributed by atoms with Crippen LogP contribution in [0.2, 0.25) is 0 Å². The van der Waals surface area contributed by atoms with Gasteiger partial charge in [0.15, 0.2) is 0 Å². The van der Waals surface area contributed by atoms with Crippen molar-refractivity contribution in [3.63, 3.8) is 0 Å². The monoisotopic (exact) mass is 444 g/mol. The van der Waals surface area contributed by atoms with E-state index in [1.165, 1.54) is 11.3 Å². The Hall–Kier alpha value is -4.31. The van der Waals surface area contributed by atoms with Crippen LogP contribution in [-0.4, -0.2) is 11.5 Å². The minimum absolute atomic E-state index is 0.810. The van der Waals surface area contributed by atoms with E-state index in [2.05, 4.69) is 30.0 Å². The molecule has 0 amide bonds. The van der Waals surface area contributed by atoms with Crippen molar-refractivity contribution in [3.8, 4) is 23.0 Å². The molecule has 2 heterocycles. The Morgan fingerprint density at radius 2 is 1.26 bits per heavy atom. The van der Waals surface area contributed by atoms with Gasteiger partial charge in [-0.15, -0.1) is 0 Å². The predicted molar refractivity (Wildman–Crippen MR) is 137 cm³/mol. The van der Waals surface area contributed by atoms with Crippen molar-refractivity contribution >= 4 is 22.3 Å². The van der Waals surface area contributed by atoms with Gasteiger partial charge in [-0.3, -0.25) is 4.98 Å². The van der Waals surface area contributed by atoms with Crippen molar-refractivity contribution < 1.29 is 9.47 Å². The van der Waals surface area contributed by atoms with E-state index in [-0.39, 0.29) is 0 Å². The maximum absolute atomic E-state index is 6.13. The molecule has 0 bridgehead atoms. The fourth-order valence-corrected chi connectivity index (χ4v) is 4.59. The summed E-state index contributed by atoms with van der Waals surface area (Å²) in [5.74, 6) is 3.29. The molecular formula is C30H24N2O2. The van der Waals surface area contributed by atoms with Gasteiger partial charge in [-0.25, -0.2) is 0 Å². The lowest BCUT2D eigenvalue weighted by Gasteiger charge is -2.22. The molecule has 1 aromatic heterocycles. The summed E-state index contributed by atoms with van der Waals surface area (Å²) in [5.41, 5.74) is 5.73.